The molecule has 0 saturated carbocycles. The summed E-state index contributed by atoms with van der Waals surface area (Å²) in [7, 11) is 0. The third kappa shape index (κ3) is 3.20. The molecule has 0 bridgehead atoms. The van der Waals surface area contributed by atoms with Gasteiger partial charge in [0.05, 0.1) is 17.5 Å². The molecule has 1 aliphatic carbocycles. The van der Waals surface area contributed by atoms with E-state index in [0.29, 0.717) is 0 Å². The highest BCUT2D eigenvalue weighted by Gasteiger charge is 2.55. The summed E-state index contributed by atoms with van der Waals surface area (Å²) in [5.74, 6) is -1.24. The summed E-state index contributed by atoms with van der Waals surface area (Å²) < 4.78 is 0. The van der Waals surface area contributed by atoms with E-state index in [1.165, 1.54) is 4.90 Å². The maximum Gasteiger partial charge on any atom is 0.238 e. The maximum atomic E-state index is 14.0. The van der Waals surface area contributed by atoms with E-state index in [1.807, 2.05) is 69.3 Å². The molecule has 160 valence electrons. The van der Waals surface area contributed by atoms with Gasteiger partial charge in [-0.3, -0.25) is 9.59 Å². The summed E-state index contributed by atoms with van der Waals surface area (Å²) in [6.45, 7) is 6.01. The lowest BCUT2D eigenvalue weighted by Crippen LogP contribution is -2.33. The molecule has 0 aromatic heterocycles. The van der Waals surface area contributed by atoms with Crippen LogP contribution in [0.3, 0.4) is 0 Å². The maximum absolute atomic E-state index is 14.0. The van der Waals surface area contributed by atoms with Crippen LogP contribution in [-0.4, -0.2) is 11.8 Å². The van der Waals surface area contributed by atoms with Gasteiger partial charge in [0.2, 0.25) is 11.8 Å². The van der Waals surface area contributed by atoms with Gasteiger partial charge in [-0.25, -0.2) is 4.90 Å². The molecule has 1 aliphatic heterocycles. The minimum absolute atomic E-state index is 0.0887. The Morgan fingerprint density at radius 2 is 1.03 bits per heavy atom. The van der Waals surface area contributed by atoms with Crippen molar-refractivity contribution in [3.63, 3.8) is 0 Å². The molecule has 0 spiro atoms. The van der Waals surface area contributed by atoms with Crippen LogP contribution in [0.1, 0.15) is 39.7 Å². The van der Waals surface area contributed by atoms with Crippen LogP contribution in [0.5, 0.6) is 0 Å². The highest BCUT2D eigenvalue weighted by atomic mass is 16.2. The van der Waals surface area contributed by atoms with Crippen molar-refractivity contribution < 1.29 is 9.59 Å². The van der Waals surface area contributed by atoms with E-state index in [0.717, 1.165) is 33.5 Å². The average molecular weight is 422 g/mol. The molecule has 3 aromatic rings. The Kier molecular flexibility index (Phi) is 5.05. The topological polar surface area (TPSA) is 37.4 Å². The van der Waals surface area contributed by atoms with Gasteiger partial charge in [0.25, 0.3) is 0 Å². The van der Waals surface area contributed by atoms with E-state index >= 15 is 0 Å². The molecule has 0 radical (unpaired) electrons. The SMILES string of the molecule is Cc1cc(C)c(N2C(=O)[C@@H]3[C@H](C2=O)[C@H](c2ccccc2)C=C[C@H]3c2ccccc2)c(C)c1. The van der Waals surface area contributed by atoms with Crippen LogP contribution in [0.2, 0.25) is 0 Å². The van der Waals surface area contributed by atoms with Gasteiger partial charge in [0, 0.05) is 11.8 Å². The van der Waals surface area contributed by atoms with Crippen molar-refractivity contribution in [1.29, 1.82) is 0 Å². The van der Waals surface area contributed by atoms with Crippen molar-refractivity contribution in [3.05, 3.63) is 113 Å². The molecule has 3 aromatic carbocycles. The van der Waals surface area contributed by atoms with Crippen molar-refractivity contribution in [2.45, 2.75) is 32.6 Å². The highest BCUT2D eigenvalue weighted by molar-refractivity contribution is 6.23. The van der Waals surface area contributed by atoms with Crippen LogP contribution >= 0.6 is 0 Å². The van der Waals surface area contributed by atoms with E-state index in [4.69, 9.17) is 0 Å². The van der Waals surface area contributed by atoms with Crippen LogP contribution in [0.15, 0.2) is 84.9 Å². The fourth-order valence-electron chi connectivity index (χ4n) is 5.68. The number of imide groups is 1. The van der Waals surface area contributed by atoms with E-state index in [1.54, 1.807) is 0 Å². The Morgan fingerprint density at radius 1 is 0.625 bits per heavy atom. The monoisotopic (exact) mass is 421 g/mol. The highest BCUT2D eigenvalue weighted by Crippen LogP contribution is 2.50. The zero-order valence-electron chi connectivity index (χ0n) is 18.7. The number of hydrogen-bond donors (Lipinski definition) is 0. The fourth-order valence-corrected chi connectivity index (χ4v) is 5.68. The second-order valence-electron chi connectivity index (χ2n) is 9.07. The molecule has 1 saturated heterocycles. The number of fused-ring (bicyclic) bond motifs is 1. The third-order valence-electron chi connectivity index (χ3n) is 6.93. The van der Waals surface area contributed by atoms with E-state index in [-0.39, 0.29) is 23.7 Å². The van der Waals surface area contributed by atoms with Gasteiger partial charge in [-0.2, -0.15) is 0 Å². The molecule has 5 rings (SSSR count). The molecule has 3 nitrogen and oxygen atoms in total. The second-order valence-corrected chi connectivity index (χ2v) is 9.07. The van der Waals surface area contributed by atoms with Crippen molar-refractivity contribution in [3.8, 4) is 0 Å². The Hall–Kier alpha value is -3.46. The summed E-state index contributed by atoms with van der Waals surface area (Å²) in [6.07, 6.45) is 4.27. The molecule has 4 atom stereocenters. The van der Waals surface area contributed by atoms with Crippen molar-refractivity contribution >= 4 is 17.5 Å². The van der Waals surface area contributed by atoms with Crippen LogP contribution in [-0.2, 0) is 9.59 Å². The number of anilines is 1. The molecular weight excluding hydrogens is 394 g/mol. The number of benzene rings is 3. The van der Waals surface area contributed by atoms with Crippen molar-refractivity contribution in [2.75, 3.05) is 4.90 Å². The first kappa shape index (κ1) is 20.4. The van der Waals surface area contributed by atoms with Crippen LogP contribution < -0.4 is 4.90 Å². The molecular formula is C29H27NO2. The predicted octanol–water partition coefficient (Wildman–Crippen LogP) is 5.85. The number of amides is 2. The minimum Gasteiger partial charge on any atom is -0.274 e. The molecule has 1 fully saturated rings. The summed E-state index contributed by atoms with van der Waals surface area (Å²) in [5, 5.41) is 0. The molecule has 3 heteroatoms. The number of rotatable bonds is 3. The predicted molar refractivity (Wildman–Crippen MR) is 128 cm³/mol. The van der Waals surface area contributed by atoms with E-state index in [9.17, 15) is 9.59 Å². The molecule has 2 aliphatic rings. The van der Waals surface area contributed by atoms with Crippen LogP contribution in [0.4, 0.5) is 5.69 Å². The molecule has 0 unspecified atom stereocenters. The zero-order chi connectivity index (χ0) is 22.4. The van der Waals surface area contributed by atoms with Gasteiger partial charge in [-0.05, 0) is 43.0 Å². The van der Waals surface area contributed by atoms with Crippen molar-refractivity contribution in [1.82, 2.24) is 0 Å². The fraction of sp³-hybridized carbons (Fsp3) is 0.241. The quantitative estimate of drug-likeness (QED) is 0.393. The smallest absolute Gasteiger partial charge is 0.238 e. The summed E-state index contributed by atoms with van der Waals surface area (Å²) in [5.41, 5.74) is 5.95. The number of carbonyl (C=O) groups excluding carboxylic acids is 2. The Bertz CT molecular complexity index is 1120. The number of allylic oxidation sites excluding steroid dienone is 2. The number of aryl methyl sites for hydroxylation is 3. The van der Waals surface area contributed by atoms with E-state index < -0.39 is 11.8 Å². The number of carbonyl (C=O) groups is 2. The van der Waals surface area contributed by atoms with Gasteiger partial charge in [0.15, 0.2) is 0 Å². The molecule has 2 amide bonds. The van der Waals surface area contributed by atoms with Crippen molar-refractivity contribution in [2.24, 2.45) is 11.8 Å². The van der Waals surface area contributed by atoms with Gasteiger partial charge in [-0.15, -0.1) is 0 Å². The lowest BCUT2D eigenvalue weighted by molar-refractivity contribution is -0.122. The molecule has 0 N–H and O–H groups in total. The first-order chi connectivity index (χ1) is 15.5. The first-order valence-corrected chi connectivity index (χ1v) is 11.2. The summed E-state index contributed by atoms with van der Waals surface area (Å²) >= 11 is 0. The number of hydrogen-bond acceptors (Lipinski definition) is 2. The lowest BCUT2D eigenvalue weighted by atomic mass is 9.68. The Labute approximate surface area is 189 Å². The normalized spacial score (nSPS) is 24.7. The summed E-state index contributed by atoms with van der Waals surface area (Å²) in [4.78, 5) is 29.4. The lowest BCUT2D eigenvalue weighted by Gasteiger charge is -2.32. The van der Waals surface area contributed by atoms with Gasteiger partial charge in [-0.1, -0.05) is 90.5 Å². The molecule has 1 heterocycles. The minimum atomic E-state index is -0.416. The van der Waals surface area contributed by atoms with Gasteiger partial charge < -0.3 is 0 Å². The molecule has 32 heavy (non-hydrogen) atoms. The first-order valence-electron chi connectivity index (χ1n) is 11.2. The Morgan fingerprint density at radius 3 is 1.44 bits per heavy atom. The standard InChI is InChI=1S/C29H27NO2/c1-18-16-19(2)27(20(3)17-18)30-28(31)25-23(21-10-6-4-7-11-21)14-15-24(26(25)29(30)32)22-12-8-5-9-13-22/h4-17,23-26H,1-3H3/t23-,24-,25-,26+/m0/s1. The summed E-state index contributed by atoms with van der Waals surface area (Å²) in [6, 6.07) is 24.2. The zero-order valence-corrected chi connectivity index (χ0v) is 18.7. The number of nitrogens with zero attached hydrogens (tertiary/aromatic N) is 1. The second kappa shape index (κ2) is 7.90. The van der Waals surface area contributed by atoms with Crippen LogP contribution in [0.25, 0.3) is 0 Å². The third-order valence-corrected chi connectivity index (χ3v) is 6.93. The van der Waals surface area contributed by atoms with Gasteiger partial charge in [0.1, 0.15) is 0 Å². The van der Waals surface area contributed by atoms with E-state index in [2.05, 4.69) is 36.4 Å². The van der Waals surface area contributed by atoms with Gasteiger partial charge >= 0.3 is 0 Å². The largest absolute Gasteiger partial charge is 0.274 e. The van der Waals surface area contributed by atoms with Crippen LogP contribution in [0, 0.1) is 32.6 Å². The average Bonchev–Trinajstić information content (AvgIpc) is 3.05. The Balaban J connectivity index is 1.67.